The molecular weight excluding hydrogens is 532 g/mol. The zero-order chi connectivity index (χ0) is 28.7. The van der Waals surface area contributed by atoms with Gasteiger partial charge in [-0.1, -0.05) is 28.9 Å². The molecule has 3 N–H and O–H groups in total. The van der Waals surface area contributed by atoms with Crippen molar-refractivity contribution >= 4 is 45.8 Å². The maximum absolute atomic E-state index is 12.1. The number of oxime groups is 1. The van der Waals surface area contributed by atoms with Crippen LogP contribution in [0.2, 0.25) is 5.02 Å². The van der Waals surface area contributed by atoms with Crippen molar-refractivity contribution in [2.24, 2.45) is 5.16 Å². The van der Waals surface area contributed by atoms with Crippen molar-refractivity contribution in [1.82, 2.24) is 19.9 Å². The van der Waals surface area contributed by atoms with Crippen LogP contribution in [0, 0.1) is 0 Å². The molecule has 0 spiro atoms. The summed E-state index contributed by atoms with van der Waals surface area (Å²) in [6.07, 6.45) is 3.41. The summed E-state index contributed by atoms with van der Waals surface area (Å²) in [5, 5.41) is 20.5. The van der Waals surface area contributed by atoms with Crippen LogP contribution in [0.3, 0.4) is 0 Å². The fraction of sp³-hybridized carbons (Fsp3) is 0.310. The van der Waals surface area contributed by atoms with Crippen LogP contribution in [-0.2, 0) is 16.2 Å². The third-order valence-electron chi connectivity index (χ3n) is 5.82. The van der Waals surface area contributed by atoms with Crippen molar-refractivity contribution in [1.29, 1.82) is 0 Å². The Kier molecular flexibility index (Phi) is 9.23. The van der Waals surface area contributed by atoms with E-state index in [9.17, 15) is 9.90 Å². The smallest absolute Gasteiger partial charge is 0.222 e. The van der Waals surface area contributed by atoms with Crippen LogP contribution in [0.15, 0.2) is 66.2 Å². The summed E-state index contributed by atoms with van der Waals surface area (Å²) in [4.78, 5) is 26.0. The molecule has 4 aromatic rings. The van der Waals surface area contributed by atoms with E-state index in [1.165, 1.54) is 6.33 Å². The van der Waals surface area contributed by atoms with E-state index in [4.69, 9.17) is 21.2 Å². The predicted molar refractivity (Wildman–Crippen MR) is 157 cm³/mol. The molecule has 2 aromatic carbocycles. The molecule has 0 radical (unpaired) electrons. The molecule has 1 amide bonds. The van der Waals surface area contributed by atoms with Gasteiger partial charge in [-0.15, -0.1) is 0 Å². The first-order valence-electron chi connectivity index (χ1n) is 12.9. The number of nitrogens with zero attached hydrogens (tertiary/aromatic N) is 4. The minimum absolute atomic E-state index is 0.0308. The first kappa shape index (κ1) is 28.8. The molecule has 0 saturated carbocycles. The van der Waals surface area contributed by atoms with Crippen molar-refractivity contribution in [2.75, 3.05) is 18.5 Å². The molecule has 11 heteroatoms. The molecule has 0 aliphatic rings. The Hall–Kier alpha value is -4.15. The van der Waals surface area contributed by atoms with Crippen molar-refractivity contribution in [2.45, 2.75) is 46.3 Å². The second-order valence-corrected chi connectivity index (χ2v) is 10.2. The van der Waals surface area contributed by atoms with Gasteiger partial charge in [-0.05, 0) is 64.1 Å². The zero-order valence-electron chi connectivity index (χ0n) is 22.9. The molecule has 0 bridgehead atoms. The minimum Gasteiger partial charge on any atom is -0.456 e. The van der Waals surface area contributed by atoms with Gasteiger partial charge in [-0.3, -0.25) is 4.79 Å². The highest BCUT2D eigenvalue weighted by atomic mass is 35.5. The van der Waals surface area contributed by atoms with Crippen LogP contribution < -0.4 is 15.4 Å². The summed E-state index contributed by atoms with van der Waals surface area (Å²) in [5.74, 6) is 1.51. The summed E-state index contributed by atoms with van der Waals surface area (Å²) in [5.41, 5.74) is 2.84. The number of carbonyl (C=O) groups excluding carboxylic acids is 1. The van der Waals surface area contributed by atoms with Crippen molar-refractivity contribution in [3.05, 3.63) is 71.6 Å². The first-order valence-corrected chi connectivity index (χ1v) is 13.3. The highest BCUT2D eigenvalue weighted by Crippen LogP contribution is 2.33. The minimum atomic E-state index is -1.06. The number of aromatic nitrogens is 3. The Morgan fingerprint density at radius 2 is 2.00 bits per heavy atom. The van der Waals surface area contributed by atoms with Gasteiger partial charge in [0.2, 0.25) is 5.91 Å². The van der Waals surface area contributed by atoms with Gasteiger partial charge >= 0.3 is 0 Å². The number of halogens is 1. The van der Waals surface area contributed by atoms with Crippen molar-refractivity contribution < 1.29 is 19.5 Å². The molecular formula is C29H33ClN6O4. The molecule has 2 heterocycles. The molecule has 0 unspecified atom stereocenters. The molecule has 0 atom stereocenters. The SMILES string of the molecule is CCON=C(C)c1cccc(Oc2ccc(Nc3ncnc4ccn(CCNC(=O)CC(C)(C)O)c34)cc2Cl)c1. The fourth-order valence-corrected chi connectivity index (χ4v) is 4.22. The molecule has 10 nitrogen and oxygen atoms in total. The van der Waals surface area contributed by atoms with E-state index in [0.29, 0.717) is 42.0 Å². The maximum Gasteiger partial charge on any atom is 0.222 e. The van der Waals surface area contributed by atoms with Gasteiger partial charge in [0.15, 0.2) is 5.82 Å². The van der Waals surface area contributed by atoms with E-state index >= 15 is 0 Å². The lowest BCUT2D eigenvalue weighted by Gasteiger charge is -2.16. The lowest BCUT2D eigenvalue weighted by molar-refractivity contribution is -0.124. The summed E-state index contributed by atoms with van der Waals surface area (Å²) in [6, 6.07) is 14.8. The highest BCUT2D eigenvalue weighted by molar-refractivity contribution is 6.32. The molecule has 0 fully saturated rings. The number of aliphatic hydroxyl groups is 1. The Morgan fingerprint density at radius 3 is 2.75 bits per heavy atom. The number of fused-ring (bicyclic) bond motifs is 1. The van der Waals surface area contributed by atoms with Crippen LogP contribution in [0.5, 0.6) is 11.5 Å². The lowest BCUT2D eigenvalue weighted by Crippen LogP contribution is -2.33. The fourth-order valence-electron chi connectivity index (χ4n) is 4.01. The van der Waals surface area contributed by atoms with Crippen LogP contribution in [0.1, 0.15) is 39.7 Å². The van der Waals surface area contributed by atoms with Gasteiger partial charge in [0.25, 0.3) is 0 Å². The summed E-state index contributed by atoms with van der Waals surface area (Å²) >= 11 is 6.58. The first-order chi connectivity index (χ1) is 19.1. The normalized spacial score (nSPS) is 11.9. The Labute approximate surface area is 238 Å². The molecule has 0 saturated heterocycles. The van der Waals surface area contributed by atoms with E-state index in [2.05, 4.69) is 25.8 Å². The van der Waals surface area contributed by atoms with Crippen molar-refractivity contribution in [3.8, 4) is 11.5 Å². The lowest BCUT2D eigenvalue weighted by atomic mass is 10.1. The van der Waals surface area contributed by atoms with Gasteiger partial charge < -0.3 is 29.9 Å². The molecule has 0 aliphatic carbocycles. The van der Waals surface area contributed by atoms with Crippen LogP contribution in [0.4, 0.5) is 11.5 Å². The number of rotatable bonds is 12. The topological polar surface area (TPSA) is 123 Å². The molecule has 4 rings (SSSR count). The third-order valence-corrected chi connectivity index (χ3v) is 6.12. The Morgan fingerprint density at radius 1 is 1.18 bits per heavy atom. The van der Waals surface area contributed by atoms with Crippen molar-refractivity contribution in [3.63, 3.8) is 0 Å². The average Bonchev–Trinajstić information content (AvgIpc) is 3.32. The average molecular weight is 565 g/mol. The quantitative estimate of drug-likeness (QED) is 0.150. The van der Waals surface area contributed by atoms with Crippen LogP contribution in [-0.4, -0.2) is 50.0 Å². The number of anilines is 2. The number of amides is 1. The van der Waals surface area contributed by atoms with Gasteiger partial charge in [0, 0.05) is 30.5 Å². The number of benzene rings is 2. The third kappa shape index (κ3) is 7.71. The second-order valence-electron chi connectivity index (χ2n) is 9.80. The van der Waals surface area contributed by atoms with Gasteiger partial charge in [-0.2, -0.15) is 0 Å². The number of hydrogen-bond donors (Lipinski definition) is 3. The van der Waals surface area contributed by atoms with Crippen LogP contribution >= 0.6 is 11.6 Å². The van der Waals surface area contributed by atoms with Gasteiger partial charge in [0.1, 0.15) is 29.9 Å². The largest absolute Gasteiger partial charge is 0.456 e. The molecule has 40 heavy (non-hydrogen) atoms. The number of carbonyl (C=O) groups is 1. The van der Waals surface area contributed by atoms with E-state index < -0.39 is 5.60 Å². The summed E-state index contributed by atoms with van der Waals surface area (Å²) < 4.78 is 8.01. The van der Waals surface area contributed by atoms with Crippen LogP contribution in [0.25, 0.3) is 11.0 Å². The number of hydrogen-bond acceptors (Lipinski definition) is 8. The van der Waals surface area contributed by atoms with E-state index in [1.807, 2.05) is 61.0 Å². The van der Waals surface area contributed by atoms with Gasteiger partial charge in [-0.25, -0.2) is 9.97 Å². The molecule has 2 aromatic heterocycles. The highest BCUT2D eigenvalue weighted by Gasteiger charge is 2.18. The number of ether oxygens (including phenoxy) is 1. The van der Waals surface area contributed by atoms with E-state index in [-0.39, 0.29) is 12.3 Å². The molecule has 0 aliphatic heterocycles. The second kappa shape index (κ2) is 12.8. The monoisotopic (exact) mass is 564 g/mol. The standard InChI is InChI=1S/C29H33ClN6O4/c1-5-39-35-19(2)20-7-6-8-22(15-20)40-25-10-9-21(16-23(25)30)34-28-27-24(32-18-33-28)11-13-36(27)14-12-31-26(37)17-29(3,4)38/h6-11,13,15-16,18,38H,5,12,14,17H2,1-4H3,(H,31,37)(H,32,33,34). The number of nitrogens with one attached hydrogen (secondary N) is 2. The van der Waals surface area contributed by atoms with E-state index in [1.54, 1.807) is 26.0 Å². The summed E-state index contributed by atoms with van der Waals surface area (Å²) in [7, 11) is 0. The predicted octanol–water partition coefficient (Wildman–Crippen LogP) is 5.66. The van der Waals surface area contributed by atoms with Gasteiger partial charge in [0.05, 0.1) is 28.3 Å². The summed E-state index contributed by atoms with van der Waals surface area (Å²) in [6.45, 7) is 8.35. The zero-order valence-corrected chi connectivity index (χ0v) is 23.7. The maximum atomic E-state index is 12.1. The molecule has 210 valence electrons. The Bertz CT molecular complexity index is 1510. The van der Waals surface area contributed by atoms with E-state index in [0.717, 1.165) is 28.0 Å². The Balaban J connectivity index is 1.46.